The van der Waals surface area contributed by atoms with Crippen LogP contribution < -0.4 is 4.90 Å². The molecule has 1 saturated heterocycles. The van der Waals surface area contributed by atoms with Crippen LogP contribution in [-0.2, 0) is 11.8 Å². The molecule has 4 rings (SSSR count). The molecule has 2 aromatic rings. The summed E-state index contributed by atoms with van der Waals surface area (Å²) in [6, 6.07) is 13.7. The summed E-state index contributed by atoms with van der Waals surface area (Å²) < 4.78 is 39.3. The van der Waals surface area contributed by atoms with Crippen LogP contribution in [0.5, 0.6) is 0 Å². The first-order valence-corrected chi connectivity index (χ1v) is 9.48. The highest BCUT2D eigenvalue weighted by atomic mass is 19.4. The predicted molar refractivity (Wildman–Crippen MR) is 97.3 cm³/mol. The molecule has 3 nitrogen and oxygen atoms in total. The molecule has 3 atom stereocenters. The largest absolute Gasteiger partial charge is 0.433 e. The Bertz CT molecular complexity index is 796. The fourth-order valence-electron chi connectivity index (χ4n) is 4.79. The Morgan fingerprint density at radius 3 is 2.48 bits per heavy atom. The molecule has 27 heavy (non-hydrogen) atoms. The minimum atomic E-state index is -4.46. The average molecular weight is 376 g/mol. The number of hydrogen-bond donors (Lipinski definition) is 1. The van der Waals surface area contributed by atoms with Crippen LogP contribution in [0.2, 0.25) is 0 Å². The van der Waals surface area contributed by atoms with Crippen LogP contribution >= 0.6 is 0 Å². The van der Waals surface area contributed by atoms with E-state index in [4.69, 9.17) is 0 Å². The number of nitrogens with zero attached hydrogens (tertiary/aromatic N) is 2. The molecule has 1 aromatic heterocycles. The maximum Gasteiger partial charge on any atom is 0.433 e. The lowest BCUT2D eigenvalue weighted by Gasteiger charge is -2.53. The first-order chi connectivity index (χ1) is 12.9. The standard InChI is InChI=1S/C21H23F3N2O/c22-21(23,24)18-11-6-12-19(25-18)26-14-13-20(27,15-7-2-1-3-8-15)16-9-4-5-10-17(16)26/h1-3,6-8,11-12,16-17,27H,4-5,9-10,13-14H2/t16-,17+,20-/m0/s1. The molecule has 1 saturated carbocycles. The zero-order valence-corrected chi connectivity index (χ0v) is 15.0. The van der Waals surface area contributed by atoms with E-state index in [1.807, 2.05) is 35.2 Å². The Morgan fingerprint density at radius 2 is 1.74 bits per heavy atom. The van der Waals surface area contributed by atoms with E-state index in [0.717, 1.165) is 37.3 Å². The van der Waals surface area contributed by atoms with Crippen LogP contribution in [0.3, 0.4) is 0 Å². The van der Waals surface area contributed by atoms with Crippen LogP contribution in [0.1, 0.15) is 43.4 Å². The van der Waals surface area contributed by atoms with E-state index in [0.29, 0.717) is 18.8 Å². The quantitative estimate of drug-likeness (QED) is 0.821. The third kappa shape index (κ3) is 3.31. The first kappa shape index (κ1) is 18.3. The molecule has 2 aliphatic rings. The fraction of sp³-hybridized carbons (Fsp3) is 0.476. The summed E-state index contributed by atoms with van der Waals surface area (Å²) in [7, 11) is 0. The van der Waals surface area contributed by atoms with Crippen molar-refractivity contribution >= 4 is 5.82 Å². The SMILES string of the molecule is O[C@]1(c2ccccc2)CCN(c2cccc(C(F)(F)F)n2)[C@@H]2CCCC[C@@H]21. The molecule has 2 fully saturated rings. The van der Waals surface area contributed by atoms with Crippen LogP contribution in [0, 0.1) is 5.92 Å². The lowest BCUT2D eigenvalue weighted by Crippen LogP contribution is -2.57. The number of aliphatic hydroxyl groups is 1. The molecular weight excluding hydrogens is 353 g/mol. The van der Waals surface area contributed by atoms with E-state index >= 15 is 0 Å². The molecule has 0 spiro atoms. The van der Waals surface area contributed by atoms with Crippen LogP contribution in [-0.4, -0.2) is 22.7 Å². The van der Waals surface area contributed by atoms with Crippen molar-refractivity contribution in [1.82, 2.24) is 4.98 Å². The molecule has 1 aliphatic carbocycles. The third-order valence-corrected chi connectivity index (χ3v) is 6.07. The van der Waals surface area contributed by atoms with Crippen molar-refractivity contribution in [2.45, 2.75) is 49.9 Å². The van der Waals surface area contributed by atoms with Gasteiger partial charge < -0.3 is 10.0 Å². The number of rotatable bonds is 2. The molecule has 6 heteroatoms. The van der Waals surface area contributed by atoms with Crippen LogP contribution in [0.25, 0.3) is 0 Å². The second-order valence-electron chi connectivity index (χ2n) is 7.57. The Labute approximate surface area is 156 Å². The lowest BCUT2D eigenvalue weighted by molar-refractivity contribution is -0.141. The fourth-order valence-corrected chi connectivity index (χ4v) is 4.79. The highest BCUT2D eigenvalue weighted by molar-refractivity contribution is 5.44. The maximum absolute atomic E-state index is 13.1. The summed E-state index contributed by atoms with van der Waals surface area (Å²) in [6.07, 6.45) is -0.205. The number of halogens is 3. The van der Waals surface area contributed by atoms with Crippen molar-refractivity contribution < 1.29 is 18.3 Å². The van der Waals surface area contributed by atoms with E-state index < -0.39 is 17.5 Å². The van der Waals surface area contributed by atoms with Crippen LogP contribution in [0.4, 0.5) is 19.0 Å². The van der Waals surface area contributed by atoms with Gasteiger partial charge in [-0.3, -0.25) is 0 Å². The smallest absolute Gasteiger partial charge is 0.385 e. The Kier molecular flexibility index (Phi) is 4.62. The summed E-state index contributed by atoms with van der Waals surface area (Å²) >= 11 is 0. The molecule has 0 bridgehead atoms. The van der Waals surface area contributed by atoms with Gasteiger partial charge in [-0.15, -0.1) is 0 Å². The van der Waals surface area contributed by atoms with E-state index in [2.05, 4.69) is 4.98 Å². The molecule has 1 N–H and O–H groups in total. The normalized spacial score (nSPS) is 28.7. The molecule has 1 aliphatic heterocycles. The maximum atomic E-state index is 13.1. The summed E-state index contributed by atoms with van der Waals surface area (Å²) in [5.74, 6) is 0.343. The molecule has 1 aromatic carbocycles. The van der Waals surface area contributed by atoms with E-state index in [9.17, 15) is 18.3 Å². The van der Waals surface area contributed by atoms with Gasteiger partial charge in [-0.1, -0.05) is 49.2 Å². The number of piperidine rings is 1. The highest BCUT2D eigenvalue weighted by Gasteiger charge is 2.49. The Hall–Kier alpha value is -2.08. The van der Waals surface area contributed by atoms with Gasteiger partial charge in [0, 0.05) is 18.5 Å². The third-order valence-electron chi connectivity index (χ3n) is 6.07. The van der Waals surface area contributed by atoms with Gasteiger partial charge in [-0.2, -0.15) is 13.2 Å². The van der Waals surface area contributed by atoms with Gasteiger partial charge in [-0.25, -0.2) is 4.98 Å². The second-order valence-corrected chi connectivity index (χ2v) is 7.57. The van der Waals surface area contributed by atoms with Crippen molar-refractivity contribution in [3.05, 3.63) is 59.8 Å². The van der Waals surface area contributed by atoms with Gasteiger partial charge in [0.15, 0.2) is 0 Å². The predicted octanol–water partition coefficient (Wildman–Crippen LogP) is 4.76. The molecule has 144 valence electrons. The monoisotopic (exact) mass is 376 g/mol. The van der Waals surface area contributed by atoms with Gasteiger partial charge in [0.1, 0.15) is 11.5 Å². The van der Waals surface area contributed by atoms with Crippen molar-refractivity contribution in [1.29, 1.82) is 0 Å². The average Bonchev–Trinajstić information content (AvgIpc) is 2.69. The summed E-state index contributed by atoms with van der Waals surface area (Å²) in [5.41, 5.74) is -0.903. The Morgan fingerprint density at radius 1 is 1.00 bits per heavy atom. The van der Waals surface area contributed by atoms with Gasteiger partial charge in [-0.05, 0) is 37.0 Å². The highest BCUT2D eigenvalue weighted by Crippen LogP contribution is 2.47. The van der Waals surface area contributed by atoms with E-state index in [1.165, 1.54) is 6.07 Å². The van der Waals surface area contributed by atoms with Gasteiger partial charge >= 0.3 is 6.18 Å². The minimum Gasteiger partial charge on any atom is -0.385 e. The number of pyridine rings is 1. The topological polar surface area (TPSA) is 36.4 Å². The van der Waals surface area contributed by atoms with Crippen molar-refractivity contribution in [2.75, 3.05) is 11.4 Å². The zero-order chi connectivity index (χ0) is 19.1. The molecular formula is C21H23F3N2O. The van der Waals surface area contributed by atoms with Gasteiger partial charge in [0.2, 0.25) is 0 Å². The minimum absolute atomic E-state index is 0.00584. The van der Waals surface area contributed by atoms with Crippen molar-refractivity contribution in [3.63, 3.8) is 0 Å². The van der Waals surface area contributed by atoms with E-state index in [1.54, 1.807) is 6.07 Å². The number of benzene rings is 1. The molecule has 0 radical (unpaired) electrons. The molecule has 2 heterocycles. The summed E-state index contributed by atoms with van der Waals surface area (Å²) in [5, 5.41) is 11.6. The van der Waals surface area contributed by atoms with Gasteiger partial charge in [0.05, 0.1) is 5.60 Å². The van der Waals surface area contributed by atoms with E-state index in [-0.39, 0.29) is 12.0 Å². The number of alkyl halides is 3. The first-order valence-electron chi connectivity index (χ1n) is 9.48. The number of fused-ring (bicyclic) bond motifs is 1. The van der Waals surface area contributed by atoms with Crippen LogP contribution in [0.15, 0.2) is 48.5 Å². The number of hydrogen-bond acceptors (Lipinski definition) is 3. The lowest BCUT2D eigenvalue weighted by atomic mass is 9.66. The van der Waals surface area contributed by atoms with Crippen molar-refractivity contribution in [3.8, 4) is 0 Å². The van der Waals surface area contributed by atoms with Crippen molar-refractivity contribution in [2.24, 2.45) is 5.92 Å². The number of aromatic nitrogens is 1. The zero-order valence-electron chi connectivity index (χ0n) is 15.0. The number of anilines is 1. The second kappa shape index (κ2) is 6.82. The molecule has 0 amide bonds. The molecule has 0 unspecified atom stereocenters. The summed E-state index contributed by atoms with van der Waals surface area (Å²) in [6.45, 7) is 0.487. The summed E-state index contributed by atoms with van der Waals surface area (Å²) in [4.78, 5) is 5.88. The van der Waals surface area contributed by atoms with Gasteiger partial charge in [0.25, 0.3) is 0 Å². The Balaban J connectivity index is 1.68.